The van der Waals surface area contributed by atoms with Crippen LogP contribution in [0.5, 0.6) is 0 Å². The van der Waals surface area contributed by atoms with Crippen LogP contribution in [0, 0.1) is 11.6 Å². The normalized spacial score (nSPS) is 18.7. The zero-order chi connectivity index (χ0) is 19.4. The molecule has 7 heteroatoms. The molecule has 0 unspecified atom stereocenters. The van der Waals surface area contributed by atoms with Crippen LogP contribution >= 0.6 is 0 Å². The summed E-state index contributed by atoms with van der Waals surface area (Å²) in [5, 5.41) is 3.03. The Kier molecular flexibility index (Phi) is 6.44. The van der Waals surface area contributed by atoms with Crippen LogP contribution in [0.15, 0.2) is 18.2 Å². The lowest BCUT2D eigenvalue weighted by molar-refractivity contribution is -0.123. The fourth-order valence-electron chi connectivity index (χ4n) is 3.46. The van der Waals surface area contributed by atoms with E-state index in [4.69, 9.17) is 4.74 Å². The molecular formula is C20H29F2N3O2. The van der Waals surface area contributed by atoms with Crippen molar-refractivity contribution >= 4 is 5.91 Å². The summed E-state index contributed by atoms with van der Waals surface area (Å²) in [5.74, 6) is -1.21. The molecule has 1 saturated heterocycles. The molecule has 2 fully saturated rings. The maximum absolute atomic E-state index is 14.0. The van der Waals surface area contributed by atoms with Crippen molar-refractivity contribution in [2.24, 2.45) is 0 Å². The third-order valence-electron chi connectivity index (χ3n) is 5.38. The maximum atomic E-state index is 14.0. The van der Waals surface area contributed by atoms with Crippen molar-refractivity contribution in [2.45, 2.75) is 44.8 Å². The molecule has 1 aliphatic carbocycles. The van der Waals surface area contributed by atoms with Gasteiger partial charge in [0, 0.05) is 49.4 Å². The Labute approximate surface area is 159 Å². The van der Waals surface area contributed by atoms with E-state index in [1.807, 2.05) is 4.90 Å². The summed E-state index contributed by atoms with van der Waals surface area (Å²) in [7, 11) is 0. The predicted molar refractivity (Wildman–Crippen MR) is 99.3 cm³/mol. The molecule has 0 aromatic heterocycles. The quantitative estimate of drug-likeness (QED) is 0.750. The molecule has 1 saturated carbocycles. The summed E-state index contributed by atoms with van der Waals surface area (Å²) >= 11 is 0. The number of hydrogen-bond donors (Lipinski definition) is 1. The van der Waals surface area contributed by atoms with Gasteiger partial charge in [-0.3, -0.25) is 14.6 Å². The monoisotopic (exact) mass is 381 g/mol. The second kappa shape index (κ2) is 8.63. The molecule has 0 atom stereocenters. The van der Waals surface area contributed by atoms with E-state index >= 15 is 0 Å². The molecule has 1 heterocycles. The molecule has 1 N–H and O–H groups in total. The second-order valence-electron chi connectivity index (χ2n) is 8.06. The van der Waals surface area contributed by atoms with Gasteiger partial charge in [0.2, 0.25) is 5.91 Å². The maximum Gasteiger partial charge on any atom is 0.234 e. The molecular weight excluding hydrogens is 352 g/mol. The zero-order valence-corrected chi connectivity index (χ0v) is 16.1. The molecule has 3 rings (SSSR count). The van der Waals surface area contributed by atoms with E-state index in [0.29, 0.717) is 24.7 Å². The highest BCUT2D eigenvalue weighted by Gasteiger charge is 2.32. The predicted octanol–water partition coefficient (Wildman–Crippen LogP) is 2.16. The number of nitrogens with one attached hydrogen (secondary N) is 1. The van der Waals surface area contributed by atoms with Crippen LogP contribution in [0.2, 0.25) is 0 Å². The van der Waals surface area contributed by atoms with Crippen molar-refractivity contribution in [1.82, 2.24) is 15.1 Å². The molecule has 150 valence electrons. The number of amides is 1. The minimum atomic E-state index is -0.586. The Morgan fingerprint density at radius 1 is 1.30 bits per heavy atom. The van der Waals surface area contributed by atoms with E-state index in [1.54, 1.807) is 0 Å². The minimum absolute atomic E-state index is 0.0641. The first-order chi connectivity index (χ1) is 12.8. The third kappa shape index (κ3) is 5.70. The first-order valence-corrected chi connectivity index (χ1v) is 9.62. The number of carbonyl (C=O) groups is 1. The average molecular weight is 381 g/mol. The number of hydrogen-bond acceptors (Lipinski definition) is 4. The summed E-state index contributed by atoms with van der Waals surface area (Å²) in [5.41, 5.74) is 0.275. The fourth-order valence-corrected chi connectivity index (χ4v) is 3.46. The van der Waals surface area contributed by atoms with Crippen LogP contribution in [-0.2, 0) is 16.1 Å². The molecule has 0 spiro atoms. The smallest absolute Gasteiger partial charge is 0.234 e. The van der Waals surface area contributed by atoms with Crippen LogP contribution in [0.4, 0.5) is 8.78 Å². The van der Waals surface area contributed by atoms with Gasteiger partial charge < -0.3 is 10.1 Å². The van der Waals surface area contributed by atoms with Crippen molar-refractivity contribution in [3.63, 3.8) is 0 Å². The van der Waals surface area contributed by atoms with Gasteiger partial charge in [-0.2, -0.15) is 0 Å². The number of nitrogens with zero attached hydrogens (tertiary/aromatic N) is 2. The Hall–Kier alpha value is -1.57. The van der Waals surface area contributed by atoms with Crippen LogP contribution in [-0.4, -0.2) is 66.7 Å². The molecule has 1 aliphatic heterocycles. The molecule has 5 nitrogen and oxygen atoms in total. The van der Waals surface area contributed by atoms with Gasteiger partial charge in [0.15, 0.2) is 0 Å². The van der Waals surface area contributed by atoms with Gasteiger partial charge in [-0.05, 0) is 32.8 Å². The lowest BCUT2D eigenvalue weighted by Gasteiger charge is -2.41. The number of rotatable bonds is 8. The van der Waals surface area contributed by atoms with E-state index in [1.165, 1.54) is 12.1 Å². The van der Waals surface area contributed by atoms with Gasteiger partial charge >= 0.3 is 0 Å². The lowest BCUT2D eigenvalue weighted by Crippen LogP contribution is -2.56. The SMILES string of the molecule is CC(C)(CNC(=O)CN(Cc1ccc(F)cc1F)C1CC1)N1CCOCC1. The van der Waals surface area contributed by atoms with Crippen molar-refractivity contribution in [3.05, 3.63) is 35.4 Å². The van der Waals surface area contributed by atoms with Crippen LogP contribution < -0.4 is 5.32 Å². The number of benzene rings is 1. The van der Waals surface area contributed by atoms with Crippen LogP contribution in [0.3, 0.4) is 0 Å². The Morgan fingerprint density at radius 3 is 2.63 bits per heavy atom. The molecule has 0 radical (unpaired) electrons. The Morgan fingerprint density at radius 2 is 2.00 bits per heavy atom. The largest absolute Gasteiger partial charge is 0.379 e. The Balaban J connectivity index is 1.52. The highest BCUT2D eigenvalue weighted by molar-refractivity contribution is 5.78. The Bertz CT molecular complexity index is 659. The molecule has 1 aromatic carbocycles. The summed E-state index contributed by atoms with van der Waals surface area (Å²) in [6.07, 6.45) is 2.02. The number of ether oxygens (including phenoxy) is 1. The van der Waals surface area contributed by atoms with Crippen molar-refractivity contribution in [2.75, 3.05) is 39.4 Å². The lowest BCUT2D eigenvalue weighted by atomic mass is 10.0. The van der Waals surface area contributed by atoms with Gasteiger partial charge in [0.05, 0.1) is 19.8 Å². The summed E-state index contributed by atoms with van der Waals surface area (Å²) in [4.78, 5) is 16.8. The van der Waals surface area contributed by atoms with E-state index < -0.39 is 11.6 Å². The van der Waals surface area contributed by atoms with Gasteiger partial charge in [-0.25, -0.2) is 8.78 Å². The van der Waals surface area contributed by atoms with Crippen molar-refractivity contribution in [3.8, 4) is 0 Å². The molecule has 1 amide bonds. The van der Waals surface area contributed by atoms with Crippen LogP contribution in [0.25, 0.3) is 0 Å². The zero-order valence-electron chi connectivity index (χ0n) is 16.1. The molecule has 0 bridgehead atoms. The third-order valence-corrected chi connectivity index (χ3v) is 5.38. The van der Waals surface area contributed by atoms with E-state index in [0.717, 1.165) is 45.2 Å². The van der Waals surface area contributed by atoms with E-state index in [9.17, 15) is 13.6 Å². The number of morpholine rings is 1. The summed E-state index contributed by atoms with van der Waals surface area (Å²) in [6, 6.07) is 3.91. The van der Waals surface area contributed by atoms with Crippen molar-refractivity contribution < 1.29 is 18.3 Å². The second-order valence-corrected chi connectivity index (χ2v) is 8.06. The molecule has 2 aliphatic rings. The van der Waals surface area contributed by atoms with Crippen molar-refractivity contribution in [1.29, 1.82) is 0 Å². The average Bonchev–Trinajstić information content (AvgIpc) is 3.47. The standard InChI is InChI=1S/C20H29F2N3O2/c1-20(2,25-7-9-27-10-8-25)14-23-19(26)13-24(17-5-6-17)12-15-3-4-16(21)11-18(15)22/h3-4,11,17H,5-10,12-14H2,1-2H3,(H,23,26). The van der Waals surface area contributed by atoms with E-state index in [-0.39, 0.29) is 18.0 Å². The highest BCUT2D eigenvalue weighted by Crippen LogP contribution is 2.28. The molecule has 1 aromatic rings. The number of carbonyl (C=O) groups excluding carboxylic acids is 1. The van der Waals surface area contributed by atoms with Gasteiger partial charge in [0.25, 0.3) is 0 Å². The van der Waals surface area contributed by atoms with Crippen LogP contribution in [0.1, 0.15) is 32.3 Å². The molecule has 27 heavy (non-hydrogen) atoms. The first-order valence-electron chi connectivity index (χ1n) is 9.62. The fraction of sp³-hybridized carbons (Fsp3) is 0.650. The summed E-state index contributed by atoms with van der Waals surface area (Å²) < 4.78 is 32.5. The van der Waals surface area contributed by atoms with Gasteiger partial charge in [-0.1, -0.05) is 6.07 Å². The first kappa shape index (κ1) is 20.2. The summed E-state index contributed by atoms with van der Waals surface area (Å²) in [6.45, 7) is 8.48. The van der Waals surface area contributed by atoms with Gasteiger partial charge in [0.1, 0.15) is 11.6 Å². The minimum Gasteiger partial charge on any atom is -0.379 e. The van der Waals surface area contributed by atoms with Gasteiger partial charge in [-0.15, -0.1) is 0 Å². The van der Waals surface area contributed by atoms with E-state index in [2.05, 4.69) is 24.1 Å². The topological polar surface area (TPSA) is 44.8 Å². The highest BCUT2D eigenvalue weighted by atomic mass is 19.1. The number of halogens is 2.